The van der Waals surface area contributed by atoms with Crippen molar-refractivity contribution in [2.75, 3.05) is 10.6 Å². The summed E-state index contributed by atoms with van der Waals surface area (Å²) in [5.74, 6) is -1.52. The molecule has 0 aliphatic heterocycles. The van der Waals surface area contributed by atoms with Crippen LogP contribution >= 0.6 is 0 Å². The molecular weight excluding hydrogens is 364 g/mol. The average Bonchev–Trinajstić information content (AvgIpc) is 3.31. The molecule has 0 aliphatic carbocycles. The van der Waals surface area contributed by atoms with Crippen LogP contribution in [0.1, 0.15) is 21.0 Å². The maximum absolute atomic E-state index is 12.5. The highest BCUT2D eigenvalue weighted by molar-refractivity contribution is 6.13. The molecule has 0 bridgehead atoms. The molecule has 0 radical (unpaired) electrons. The Hall–Kier alpha value is -4.34. The van der Waals surface area contributed by atoms with Crippen molar-refractivity contribution in [2.24, 2.45) is 0 Å². The lowest BCUT2D eigenvalue weighted by atomic mass is 10.2. The number of imidazole rings is 2. The smallest absolute Gasteiger partial charge is 0.276 e. The number of para-hydroxylation sites is 2. The van der Waals surface area contributed by atoms with Gasteiger partial charge in [0.05, 0.1) is 23.0 Å². The van der Waals surface area contributed by atoms with Crippen molar-refractivity contribution >= 4 is 34.5 Å². The molecule has 0 saturated heterocycles. The number of carbonyl (C=O) groups is 2. The quantitative estimate of drug-likeness (QED) is 0.236. The molecule has 4 aromatic rings. The van der Waals surface area contributed by atoms with Gasteiger partial charge >= 0.3 is 0 Å². The Morgan fingerprint density at radius 3 is 2.64 bits per heavy atom. The van der Waals surface area contributed by atoms with Crippen molar-refractivity contribution in [1.82, 2.24) is 19.9 Å². The standard InChI is InChI=1S/C18H14N6O4/c25-9-5-6-13(26)12(7-9)21-16(27)14-15(20-8-19-14)17(28)24-18-22-10-3-1-2-4-11(10)23-18/h1-8,25-26H,(H,19,20)(H,21,27)(H2,22,23,24,28). The van der Waals surface area contributed by atoms with Gasteiger partial charge in [0.15, 0.2) is 5.69 Å². The monoisotopic (exact) mass is 378 g/mol. The molecule has 10 nitrogen and oxygen atoms in total. The van der Waals surface area contributed by atoms with E-state index < -0.39 is 11.8 Å². The largest absolute Gasteiger partial charge is 0.508 e. The molecule has 2 aromatic heterocycles. The highest BCUT2D eigenvalue weighted by Gasteiger charge is 2.22. The molecule has 2 aromatic carbocycles. The number of amides is 2. The number of H-pyrrole nitrogens is 2. The normalized spacial score (nSPS) is 10.7. The topological polar surface area (TPSA) is 156 Å². The first-order chi connectivity index (χ1) is 13.5. The highest BCUT2D eigenvalue weighted by Crippen LogP contribution is 2.27. The SMILES string of the molecule is O=C(Nc1cc(O)ccc1O)c1nc[nH]c1C(=O)Nc1nc2ccccc2[nH]1. The third kappa shape index (κ3) is 3.21. The molecular formula is C18H14N6O4. The van der Waals surface area contributed by atoms with Crippen molar-refractivity contribution in [2.45, 2.75) is 0 Å². The minimum Gasteiger partial charge on any atom is -0.508 e. The van der Waals surface area contributed by atoms with Gasteiger partial charge < -0.3 is 25.5 Å². The Morgan fingerprint density at radius 1 is 1.00 bits per heavy atom. The predicted octanol–water partition coefficient (Wildman–Crippen LogP) is 2.20. The van der Waals surface area contributed by atoms with E-state index in [2.05, 4.69) is 30.6 Å². The lowest BCUT2D eigenvalue weighted by Crippen LogP contribution is -2.20. The number of nitrogens with one attached hydrogen (secondary N) is 4. The Bertz CT molecular complexity index is 1160. The molecule has 0 atom stereocenters. The molecule has 0 unspecified atom stereocenters. The number of phenols is 2. The summed E-state index contributed by atoms with van der Waals surface area (Å²) in [6.45, 7) is 0. The fourth-order valence-corrected chi connectivity index (χ4v) is 2.63. The first-order valence-corrected chi connectivity index (χ1v) is 8.14. The number of phenolic OH excluding ortho intramolecular Hbond substituents is 2. The van der Waals surface area contributed by atoms with Crippen LogP contribution in [0.25, 0.3) is 11.0 Å². The van der Waals surface area contributed by atoms with Crippen molar-refractivity contribution < 1.29 is 19.8 Å². The third-order valence-corrected chi connectivity index (χ3v) is 3.93. The van der Waals surface area contributed by atoms with E-state index in [-0.39, 0.29) is 34.5 Å². The number of nitrogens with zero attached hydrogens (tertiary/aromatic N) is 2. The van der Waals surface area contributed by atoms with Gasteiger partial charge in [-0.05, 0) is 24.3 Å². The third-order valence-electron chi connectivity index (χ3n) is 3.93. The van der Waals surface area contributed by atoms with Crippen LogP contribution in [0.3, 0.4) is 0 Å². The van der Waals surface area contributed by atoms with E-state index >= 15 is 0 Å². The Labute approximate surface area is 157 Å². The number of anilines is 2. The van der Waals surface area contributed by atoms with Gasteiger partial charge in [0, 0.05) is 6.07 Å². The minimum absolute atomic E-state index is 0.0170. The van der Waals surface area contributed by atoms with Crippen molar-refractivity contribution in [1.29, 1.82) is 0 Å². The van der Waals surface area contributed by atoms with E-state index in [1.807, 2.05) is 18.2 Å². The Morgan fingerprint density at radius 2 is 1.82 bits per heavy atom. The number of benzene rings is 2. The Balaban J connectivity index is 1.55. The molecule has 0 aliphatic rings. The maximum atomic E-state index is 12.5. The average molecular weight is 378 g/mol. The number of aromatic hydroxyl groups is 2. The van der Waals surface area contributed by atoms with Crippen LogP contribution in [0.15, 0.2) is 48.8 Å². The first-order valence-electron chi connectivity index (χ1n) is 8.14. The second-order valence-corrected chi connectivity index (χ2v) is 5.84. The van der Waals surface area contributed by atoms with Gasteiger partial charge in [-0.1, -0.05) is 12.1 Å². The number of aromatic amines is 2. The van der Waals surface area contributed by atoms with Gasteiger partial charge in [0.2, 0.25) is 5.95 Å². The molecule has 2 heterocycles. The highest BCUT2D eigenvalue weighted by atomic mass is 16.3. The molecule has 0 saturated carbocycles. The summed E-state index contributed by atoms with van der Waals surface area (Å²) in [6, 6.07) is 10.9. The summed E-state index contributed by atoms with van der Waals surface area (Å²) in [6.07, 6.45) is 1.20. The van der Waals surface area contributed by atoms with Gasteiger partial charge in [0.25, 0.3) is 11.8 Å². The zero-order valence-corrected chi connectivity index (χ0v) is 14.2. The number of aromatic nitrogens is 4. The van der Waals surface area contributed by atoms with Gasteiger partial charge in [-0.25, -0.2) is 9.97 Å². The van der Waals surface area contributed by atoms with Crippen LogP contribution in [-0.4, -0.2) is 42.0 Å². The van der Waals surface area contributed by atoms with E-state index in [0.717, 1.165) is 5.52 Å². The first kappa shape index (κ1) is 17.1. The molecule has 2 amide bonds. The molecule has 0 fully saturated rings. The van der Waals surface area contributed by atoms with Crippen molar-refractivity contribution in [3.05, 3.63) is 60.2 Å². The number of hydrogen-bond donors (Lipinski definition) is 6. The molecule has 0 spiro atoms. The number of fused-ring (bicyclic) bond motifs is 1. The number of rotatable bonds is 4. The minimum atomic E-state index is -0.739. The van der Waals surface area contributed by atoms with E-state index in [0.29, 0.717) is 5.52 Å². The summed E-state index contributed by atoms with van der Waals surface area (Å²) in [5, 5.41) is 24.2. The summed E-state index contributed by atoms with van der Waals surface area (Å²) < 4.78 is 0. The zero-order chi connectivity index (χ0) is 19.7. The molecule has 10 heteroatoms. The summed E-state index contributed by atoms with van der Waals surface area (Å²) in [7, 11) is 0. The second-order valence-electron chi connectivity index (χ2n) is 5.84. The van der Waals surface area contributed by atoms with E-state index in [1.165, 1.54) is 24.5 Å². The summed E-state index contributed by atoms with van der Waals surface area (Å²) in [4.78, 5) is 38.7. The summed E-state index contributed by atoms with van der Waals surface area (Å²) >= 11 is 0. The van der Waals surface area contributed by atoms with Crippen molar-refractivity contribution in [3.63, 3.8) is 0 Å². The maximum Gasteiger partial charge on any atom is 0.276 e. The number of hydrogen-bond acceptors (Lipinski definition) is 6. The van der Waals surface area contributed by atoms with Crippen LogP contribution in [0.2, 0.25) is 0 Å². The lowest BCUT2D eigenvalue weighted by Gasteiger charge is -2.07. The van der Waals surface area contributed by atoms with E-state index in [4.69, 9.17) is 0 Å². The van der Waals surface area contributed by atoms with Crippen LogP contribution in [0, 0.1) is 0 Å². The molecule has 140 valence electrons. The van der Waals surface area contributed by atoms with Gasteiger partial charge in [-0.3, -0.25) is 14.9 Å². The lowest BCUT2D eigenvalue weighted by molar-refractivity contribution is 0.0985. The second kappa shape index (κ2) is 6.76. The zero-order valence-electron chi connectivity index (χ0n) is 14.2. The van der Waals surface area contributed by atoms with Crippen LogP contribution < -0.4 is 10.6 Å². The van der Waals surface area contributed by atoms with Gasteiger partial charge in [-0.2, -0.15) is 0 Å². The Kier molecular flexibility index (Phi) is 4.13. The fraction of sp³-hybridized carbons (Fsp3) is 0. The van der Waals surface area contributed by atoms with Crippen LogP contribution in [0.4, 0.5) is 11.6 Å². The van der Waals surface area contributed by atoms with E-state index in [9.17, 15) is 19.8 Å². The fourth-order valence-electron chi connectivity index (χ4n) is 2.63. The van der Waals surface area contributed by atoms with Crippen LogP contribution in [-0.2, 0) is 0 Å². The molecule has 4 rings (SSSR count). The summed E-state index contributed by atoms with van der Waals surface area (Å²) in [5.41, 5.74) is 1.14. The molecule has 6 N–H and O–H groups in total. The van der Waals surface area contributed by atoms with Gasteiger partial charge in [-0.15, -0.1) is 0 Å². The van der Waals surface area contributed by atoms with E-state index in [1.54, 1.807) is 6.07 Å². The molecule has 28 heavy (non-hydrogen) atoms. The van der Waals surface area contributed by atoms with Crippen molar-refractivity contribution in [3.8, 4) is 11.5 Å². The predicted molar refractivity (Wildman–Crippen MR) is 100 cm³/mol. The van der Waals surface area contributed by atoms with Crippen LogP contribution in [0.5, 0.6) is 11.5 Å². The van der Waals surface area contributed by atoms with Gasteiger partial charge in [0.1, 0.15) is 17.2 Å². The number of carbonyl (C=O) groups excluding carboxylic acids is 2.